The number of benzene rings is 2. The van der Waals surface area contributed by atoms with Gasteiger partial charge in [0, 0.05) is 22.3 Å². The number of hydrogen-bond donors (Lipinski definition) is 0. The van der Waals surface area contributed by atoms with Crippen LogP contribution < -0.4 is 0 Å². The number of hydrogen-bond acceptors (Lipinski definition) is 6. The van der Waals surface area contributed by atoms with Crippen LogP contribution in [0.15, 0.2) is 63.6 Å². The Balaban J connectivity index is 1.42. The average molecular weight is 383 g/mol. The molecule has 0 atom stereocenters. The highest BCUT2D eigenvalue weighted by atomic mass is 32.2. The highest BCUT2D eigenvalue weighted by molar-refractivity contribution is 7.98. The van der Waals surface area contributed by atoms with Crippen molar-refractivity contribution in [1.29, 1.82) is 0 Å². The summed E-state index contributed by atoms with van der Waals surface area (Å²) in [6.45, 7) is 2.03. The van der Waals surface area contributed by atoms with Crippen molar-refractivity contribution in [3.8, 4) is 22.0 Å². The van der Waals surface area contributed by atoms with Gasteiger partial charge in [0.05, 0.1) is 5.69 Å². The van der Waals surface area contributed by atoms with Crippen LogP contribution in [0.5, 0.6) is 0 Å². The van der Waals surface area contributed by atoms with Crippen LogP contribution in [0.1, 0.15) is 11.3 Å². The molecule has 0 aliphatic carbocycles. The lowest BCUT2D eigenvalue weighted by Gasteiger charge is -1.96. The molecule has 0 saturated carbocycles. The van der Waals surface area contributed by atoms with Crippen molar-refractivity contribution in [2.45, 2.75) is 17.9 Å². The molecule has 0 amide bonds. The lowest BCUT2D eigenvalue weighted by molar-refractivity contribution is 0.466. The Kier molecular flexibility index (Phi) is 4.81. The first-order chi connectivity index (χ1) is 12.7. The van der Waals surface area contributed by atoms with Gasteiger partial charge in [-0.1, -0.05) is 29.5 Å². The molecule has 2 aromatic heterocycles. The van der Waals surface area contributed by atoms with Crippen LogP contribution in [-0.2, 0) is 5.75 Å². The number of halogens is 1. The largest absolute Gasteiger partial charge is 0.411 e. The molecule has 0 fully saturated rings. The second-order valence-corrected chi connectivity index (χ2v) is 7.46. The van der Waals surface area contributed by atoms with E-state index in [1.807, 2.05) is 36.6 Å². The Morgan fingerprint density at radius 3 is 2.50 bits per heavy atom. The van der Waals surface area contributed by atoms with E-state index in [2.05, 4.69) is 15.2 Å². The van der Waals surface area contributed by atoms with Gasteiger partial charge in [0.2, 0.25) is 5.89 Å². The molecule has 0 saturated heterocycles. The van der Waals surface area contributed by atoms with Crippen molar-refractivity contribution in [1.82, 2.24) is 15.2 Å². The van der Waals surface area contributed by atoms with E-state index in [0.29, 0.717) is 16.9 Å². The second-order valence-electron chi connectivity index (χ2n) is 5.68. The molecular weight excluding hydrogens is 369 g/mol. The Labute approximate surface area is 158 Å². The van der Waals surface area contributed by atoms with Crippen LogP contribution in [0.3, 0.4) is 0 Å². The van der Waals surface area contributed by atoms with E-state index in [1.165, 1.54) is 40.8 Å². The standard InChI is InChI=1S/C19H14FN3OS2/c1-12-2-4-13(5-3-12)17-22-23-19(24-17)26-11-16-10-25-18(21-16)14-6-8-15(20)9-7-14/h2-10H,11H2,1H3. The van der Waals surface area contributed by atoms with Crippen molar-refractivity contribution >= 4 is 23.1 Å². The van der Waals surface area contributed by atoms with E-state index in [4.69, 9.17) is 4.42 Å². The molecule has 0 aliphatic rings. The molecule has 4 rings (SSSR count). The van der Waals surface area contributed by atoms with Crippen LogP contribution in [-0.4, -0.2) is 15.2 Å². The summed E-state index contributed by atoms with van der Waals surface area (Å²) in [5, 5.41) is 11.6. The fourth-order valence-corrected chi connectivity index (χ4v) is 3.90. The van der Waals surface area contributed by atoms with Crippen molar-refractivity contribution < 1.29 is 8.81 Å². The summed E-state index contributed by atoms with van der Waals surface area (Å²) in [4.78, 5) is 4.59. The normalized spacial score (nSPS) is 11.0. The molecule has 4 aromatic rings. The molecule has 0 spiro atoms. The summed E-state index contributed by atoms with van der Waals surface area (Å²) >= 11 is 2.98. The van der Waals surface area contributed by atoms with E-state index in [-0.39, 0.29) is 5.82 Å². The Bertz CT molecular complexity index is 926. The van der Waals surface area contributed by atoms with Gasteiger partial charge < -0.3 is 4.42 Å². The Morgan fingerprint density at radius 2 is 1.73 bits per heavy atom. The first kappa shape index (κ1) is 16.9. The maximum Gasteiger partial charge on any atom is 0.277 e. The lowest BCUT2D eigenvalue weighted by Crippen LogP contribution is -1.82. The Morgan fingerprint density at radius 1 is 1.00 bits per heavy atom. The van der Waals surface area contributed by atoms with Gasteiger partial charge in [-0.3, -0.25) is 0 Å². The zero-order valence-corrected chi connectivity index (χ0v) is 15.5. The molecule has 0 radical (unpaired) electrons. The third kappa shape index (κ3) is 3.84. The number of rotatable bonds is 5. The van der Waals surface area contributed by atoms with E-state index in [9.17, 15) is 4.39 Å². The molecule has 130 valence electrons. The van der Waals surface area contributed by atoms with Crippen LogP contribution in [0.25, 0.3) is 22.0 Å². The SMILES string of the molecule is Cc1ccc(-c2nnc(SCc3csc(-c4ccc(F)cc4)n3)o2)cc1. The van der Waals surface area contributed by atoms with E-state index < -0.39 is 0 Å². The minimum Gasteiger partial charge on any atom is -0.411 e. The maximum atomic E-state index is 13.0. The second kappa shape index (κ2) is 7.39. The van der Waals surface area contributed by atoms with Gasteiger partial charge in [-0.2, -0.15) is 0 Å². The number of aryl methyl sites for hydroxylation is 1. The third-order valence-electron chi connectivity index (χ3n) is 3.69. The molecule has 0 unspecified atom stereocenters. The third-order valence-corrected chi connectivity index (χ3v) is 5.48. The molecular formula is C19H14FN3OS2. The molecule has 26 heavy (non-hydrogen) atoms. The molecule has 2 aromatic carbocycles. The molecule has 7 heteroatoms. The van der Waals surface area contributed by atoms with E-state index in [1.54, 1.807) is 12.1 Å². The lowest BCUT2D eigenvalue weighted by atomic mass is 10.1. The predicted molar refractivity (Wildman–Crippen MR) is 102 cm³/mol. The summed E-state index contributed by atoms with van der Waals surface area (Å²) < 4.78 is 18.7. The first-order valence-corrected chi connectivity index (χ1v) is 9.77. The fraction of sp³-hybridized carbons (Fsp3) is 0.105. The molecule has 0 N–H and O–H groups in total. The van der Waals surface area contributed by atoms with Gasteiger partial charge in [-0.15, -0.1) is 21.5 Å². The first-order valence-electron chi connectivity index (χ1n) is 7.91. The number of thioether (sulfide) groups is 1. The quantitative estimate of drug-likeness (QED) is 0.420. The minimum atomic E-state index is -0.248. The van der Waals surface area contributed by atoms with Gasteiger partial charge in [0.1, 0.15) is 10.8 Å². The van der Waals surface area contributed by atoms with Crippen LogP contribution in [0.2, 0.25) is 0 Å². The average Bonchev–Trinajstić information content (AvgIpc) is 3.31. The highest BCUT2D eigenvalue weighted by Crippen LogP contribution is 2.29. The predicted octanol–water partition coefficient (Wildman–Crippen LogP) is 5.60. The smallest absolute Gasteiger partial charge is 0.277 e. The fourth-order valence-electron chi connectivity index (χ4n) is 2.31. The summed E-state index contributed by atoms with van der Waals surface area (Å²) in [5.41, 5.74) is 3.92. The number of nitrogens with zero attached hydrogens (tertiary/aromatic N) is 3. The molecule has 0 aliphatic heterocycles. The zero-order valence-electron chi connectivity index (χ0n) is 13.8. The topological polar surface area (TPSA) is 51.8 Å². The van der Waals surface area contributed by atoms with Gasteiger partial charge in [0.25, 0.3) is 5.22 Å². The van der Waals surface area contributed by atoms with Crippen LogP contribution in [0.4, 0.5) is 4.39 Å². The summed E-state index contributed by atoms with van der Waals surface area (Å²) in [6.07, 6.45) is 0. The minimum absolute atomic E-state index is 0.248. The van der Waals surface area contributed by atoms with E-state index >= 15 is 0 Å². The summed E-state index contributed by atoms with van der Waals surface area (Å²) in [6, 6.07) is 14.3. The van der Waals surface area contributed by atoms with Crippen LogP contribution in [0, 0.1) is 12.7 Å². The summed E-state index contributed by atoms with van der Waals surface area (Å²) in [7, 11) is 0. The number of aromatic nitrogens is 3. The maximum absolute atomic E-state index is 13.0. The van der Waals surface area contributed by atoms with Crippen molar-refractivity contribution in [3.05, 3.63) is 71.0 Å². The van der Waals surface area contributed by atoms with E-state index in [0.717, 1.165) is 21.8 Å². The van der Waals surface area contributed by atoms with Gasteiger partial charge in [0.15, 0.2) is 0 Å². The molecule has 2 heterocycles. The zero-order chi connectivity index (χ0) is 17.9. The molecule has 0 bridgehead atoms. The van der Waals surface area contributed by atoms with Crippen molar-refractivity contribution in [2.75, 3.05) is 0 Å². The van der Waals surface area contributed by atoms with Crippen molar-refractivity contribution in [3.63, 3.8) is 0 Å². The Hall–Kier alpha value is -2.51. The molecule has 4 nitrogen and oxygen atoms in total. The number of thiazole rings is 1. The highest BCUT2D eigenvalue weighted by Gasteiger charge is 2.11. The monoisotopic (exact) mass is 383 g/mol. The van der Waals surface area contributed by atoms with Gasteiger partial charge in [-0.05, 0) is 43.3 Å². The summed E-state index contributed by atoms with van der Waals surface area (Å²) in [5.74, 6) is 0.896. The van der Waals surface area contributed by atoms with Crippen LogP contribution >= 0.6 is 23.1 Å². The van der Waals surface area contributed by atoms with Gasteiger partial charge >= 0.3 is 0 Å². The van der Waals surface area contributed by atoms with Crippen molar-refractivity contribution in [2.24, 2.45) is 0 Å². The van der Waals surface area contributed by atoms with Gasteiger partial charge in [-0.25, -0.2) is 9.37 Å².